The summed E-state index contributed by atoms with van der Waals surface area (Å²) < 4.78 is 5.28. The number of carboxylic acids is 1. The Labute approximate surface area is 111 Å². The topological polar surface area (TPSA) is 105 Å². The van der Waals surface area contributed by atoms with Gasteiger partial charge >= 0.3 is 12.0 Å². The van der Waals surface area contributed by atoms with Crippen LogP contribution in [0.2, 0.25) is 0 Å². The number of ether oxygens (including phenoxy) is 1. The van der Waals surface area contributed by atoms with Crippen molar-refractivity contribution in [3.63, 3.8) is 0 Å². The minimum Gasteiger partial charge on any atom is -0.481 e. The number of carbonyl (C=O) groups excluding carboxylic acids is 2. The van der Waals surface area contributed by atoms with Gasteiger partial charge in [0.2, 0.25) is 5.91 Å². The molecule has 108 valence electrons. The molecule has 0 aromatic heterocycles. The number of hydrogen-bond donors (Lipinski definition) is 3. The number of hydrogen-bond acceptors (Lipinski definition) is 4. The van der Waals surface area contributed by atoms with E-state index >= 15 is 0 Å². The quantitative estimate of drug-likeness (QED) is 0.653. The number of aliphatic carboxylic acids is 1. The third kappa shape index (κ3) is 7.40. The molecule has 1 rings (SSSR count). The molecule has 1 heterocycles. The maximum absolute atomic E-state index is 11.4. The van der Waals surface area contributed by atoms with Crippen LogP contribution in [-0.4, -0.2) is 42.8 Å². The summed E-state index contributed by atoms with van der Waals surface area (Å²) in [5.41, 5.74) is 0. The van der Waals surface area contributed by atoms with Crippen molar-refractivity contribution in [1.29, 1.82) is 0 Å². The Kier molecular flexibility index (Phi) is 6.88. The summed E-state index contributed by atoms with van der Waals surface area (Å²) in [5, 5.41) is 13.2. The fourth-order valence-corrected chi connectivity index (χ4v) is 1.84. The zero-order chi connectivity index (χ0) is 14.1. The van der Waals surface area contributed by atoms with Gasteiger partial charge in [-0.3, -0.25) is 14.9 Å². The number of carbonyl (C=O) groups is 3. The molecule has 0 aliphatic carbocycles. The van der Waals surface area contributed by atoms with Crippen molar-refractivity contribution >= 4 is 17.9 Å². The van der Waals surface area contributed by atoms with E-state index in [9.17, 15) is 14.4 Å². The number of rotatable bonds is 6. The molecule has 3 N–H and O–H groups in total. The van der Waals surface area contributed by atoms with E-state index in [1.54, 1.807) is 0 Å². The van der Waals surface area contributed by atoms with E-state index in [-0.39, 0.29) is 19.3 Å². The summed E-state index contributed by atoms with van der Waals surface area (Å²) in [4.78, 5) is 32.9. The van der Waals surface area contributed by atoms with Gasteiger partial charge in [0.05, 0.1) is 6.61 Å². The van der Waals surface area contributed by atoms with E-state index in [1.165, 1.54) is 0 Å². The summed E-state index contributed by atoms with van der Waals surface area (Å²) in [6.45, 7) is 1.88. The number of imide groups is 1. The summed E-state index contributed by atoms with van der Waals surface area (Å²) in [6, 6.07) is -0.536. The molecule has 0 aromatic rings. The molecule has 0 spiro atoms. The van der Waals surface area contributed by atoms with Crippen molar-refractivity contribution in [2.75, 3.05) is 19.8 Å². The van der Waals surface area contributed by atoms with Crippen LogP contribution in [0.1, 0.15) is 32.1 Å². The first-order valence-corrected chi connectivity index (χ1v) is 6.45. The smallest absolute Gasteiger partial charge is 0.321 e. The molecular formula is C12H20N2O5. The summed E-state index contributed by atoms with van der Waals surface area (Å²) in [6.07, 6.45) is 2.18. The third-order valence-electron chi connectivity index (χ3n) is 2.85. The highest BCUT2D eigenvalue weighted by Gasteiger charge is 2.15. The summed E-state index contributed by atoms with van der Waals surface area (Å²) >= 11 is 0. The third-order valence-corrected chi connectivity index (χ3v) is 2.85. The molecule has 1 fully saturated rings. The van der Waals surface area contributed by atoms with Crippen LogP contribution in [0.5, 0.6) is 0 Å². The Morgan fingerprint density at radius 3 is 2.68 bits per heavy atom. The Balaban J connectivity index is 2.08. The van der Waals surface area contributed by atoms with Crippen molar-refractivity contribution in [1.82, 2.24) is 10.6 Å². The summed E-state index contributed by atoms with van der Waals surface area (Å²) in [5.74, 6) is -1.12. The first-order chi connectivity index (χ1) is 9.08. The van der Waals surface area contributed by atoms with E-state index in [1.807, 2.05) is 0 Å². The second-order valence-electron chi connectivity index (χ2n) is 4.59. The van der Waals surface area contributed by atoms with Crippen molar-refractivity contribution < 1.29 is 24.2 Å². The van der Waals surface area contributed by atoms with Gasteiger partial charge in [-0.25, -0.2) is 4.79 Å². The standard InChI is InChI=1S/C12H20N2O5/c15-10(4-1-5-11(16)17)14-12(18)13-7-9-3-2-6-19-8-9/h9H,1-8H2,(H,16,17)(H2,13,14,15,18). The lowest BCUT2D eigenvalue weighted by Crippen LogP contribution is -2.42. The van der Waals surface area contributed by atoms with Gasteiger partial charge in [0, 0.05) is 26.0 Å². The molecule has 1 aliphatic rings. The van der Waals surface area contributed by atoms with E-state index in [0.29, 0.717) is 19.1 Å². The fraction of sp³-hybridized carbons (Fsp3) is 0.750. The largest absolute Gasteiger partial charge is 0.481 e. The maximum Gasteiger partial charge on any atom is 0.321 e. The second kappa shape index (κ2) is 8.47. The molecule has 1 atom stereocenters. The molecule has 1 aliphatic heterocycles. The fourth-order valence-electron chi connectivity index (χ4n) is 1.84. The molecule has 1 saturated heterocycles. The number of nitrogens with one attached hydrogen (secondary N) is 2. The molecule has 1 unspecified atom stereocenters. The SMILES string of the molecule is O=C(O)CCCC(=O)NC(=O)NCC1CCCOC1. The van der Waals surface area contributed by atoms with Crippen LogP contribution in [0.4, 0.5) is 4.79 Å². The van der Waals surface area contributed by atoms with E-state index < -0.39 is 17.9 Å². The summed E-state index contributed by atoms with van der Waals surface area (Å²) in [7, 11) is 0. The van der Waals surface area contributed by atoms with Crippen molar-refractivity contribution in [3.8, 4) is 0 Å². The highest BCUT2D eigenvalue weighted by Crippen LogP contribution is 2.11. The highest BCUT2D eigenvalue weighted by molar-refractivity contribution is 5.94. The normalized spacial score (nSPS) is 18.6. The van der Waals surface area contributed by atoms with Crippen molar-refractivity contribution in [2.24, 2.45) is 5.92 Å². The van der Waals surface area contributed by atoms with E-state index in [2.05, 4.69) is 10.6 Å². The van der Waals surface area contributed by atoms with Crippen LogP contribution < -0.4 is 10.6 Å². The number of amides is 3. The molecule has 0 aromatic carbocycles. The van der Waals surface area contributed by atoms with Crippen molar-refractivity contribution in [2.45, 2.75) is 32.1 Å². The molecule has 0 radical (unpaired) electrons. The lowest BCUT2D eigenvalue weighted by molar-refractivity contribution is -0.137. The zero-order valence-electron chi connectivity index (χ0n) is 10.8. The monoisotopic (exact) mass is 272 g/mol. The van der Waals surface area contributed by atoms with Gasteiger partial charge in [-0.2, -0.15) is 0 Å². The molecule has 19 heavy (non-hydrogen) atoms. The first kappa shape index (κ1) is 15.4. The Morgan fingerprint density at radius 1 is 1.26 bits per heavy atom. The predicted octanol–water partition coefficient (Wildman–Crippen LogP) is 0.494. The van der Waals surface area contributed by atoms with Gasteiger partial charge in [0.1, 0.15) is 0 Å². The Hall–Kier alpha value is -1.63. The maximum atomic E-state index is 11.4. The molecule has 7 heteroatoms. The minimum absolute atomic E-state index is 0.0340. The zero-order valence-corrected chi connectivity index (χ0v) is 10.8. The first-order valence-electron chi connectivity index (χ1n) is 6.45. The van der Waals surface area contributed by atoms with Crippen LogP contribution in [0.15, 0.2) is 0 Å². The lowest BCUT2D eigenvalue weighted by Gasteiger charge is -2.22. The number of urea groups is 1. The Bertz CT molecular complexity index is 326. The van der Waals surface area contributed by atoms with Crippen LogP contribution in [0, 0.1) is 5.92 Å². The number of carboxylic acid groups (broad SMARTS) is 1. The molecule has 0 saturated carbocycles. The van der Waals surface area contributed by atoms with E-state index in [0.717, 1.165) is 19.4 Å². The van der Waals surface area contributed by atoms with Gasteiger partial charge in [-0.1, -0.05) is 0 Å². The van der Waals surface area contributed by atoms with E-state index in [4.69, 9.17) is 9.84 Å². The van der Waals surface area contributed by atoms with Gasteiger partial charge < -0.3 is 15.2 Å². The van der Waals surface area contributed by atoms with Gasteiger partial charge in [-0.15, -0.1) is 0 Å². The Morgan fingerprint density at radius 2 is 2.05 bits per heavy atom. The van der Waals surface area contributed by atoms with Crippen LogP contribution in [0.25, 0.3) is 0 Å². The van der Waals surface area contributed by atoms with Gasteiger partial charge in [0.15, 0.2) is 0 Å². The highest BCUT2D eigenvalue weighted by atomic mass is 16.5. The average Bonchev–Trinajstić information content (AvgIpc) is 2.37. The second-order valence-corrected chi connectivity index (χ2v) is 4.59. The lowest BCUT2D eigenvalue weighted by atomic mass is 10.0. The van der Waals surface area contributed by atoms with Crippen LogP contribution in [0.3, 0.4) is 0 Å². The minimum atomic E-state index is -0.949. The van der Waals surface area contributed by atoms with Crippen LogP contribution >= 0.6 is 0 Å². The molecule has 0 bridgehead atoms. The van der Waals surface area contributed by atoms with Gasteiger partial charge in [0.25, 0.3) is 0 Å². The molecule has 3 amide bonds. The van der Waals surface area contributed by atoms with Crippen molar-refractivity contribution in [3.05, 3.63) is 0 Å². The van der Waals surface area contributed by atoms with Crippen LogP contribution in [-0.2, 0) is 14.3 Å². The molecular weight excluding hydrogens is 252 g/mol. The van der Waals surface area contributed by atoms with Gasteiger partial charge in [-0.05, 0) is 25.2 Å². The average molecular weight is 272 g/mol. The molecule has 7 nitrogen and oxygen atoms in total. The predicted molar refractivity (Wildman–Crippen MR) is 66.6 cm³/mol.